The highest BCUT2D eigenvalue weighted by Gasteiger charge is 2.32. The smallest absolute Gasteiger partial charge is 0.151 e. The highest BCUT2D eigenvalue weighted by Crippen LogP contribution is 2.39. The zero-order valence-corrected chi connectivity index (χ0v) is 20.4. The van der Waals surface area contributed by atoms with Gasteiger partial charge >= 0.3 is 0 Å². The minimum atomic E-state index is 0.395. The molecule has 0 radical (unpaired) electrons. The summed E-state index contributed by atoms with van der Waals surface area (Å²) < 4.78 is 0. The zero-order valence-electron chi connectivity index (χ0n) is 20.4. The van der Waals surface area contributed by atoms with Gasteiger partial charge in [-0.25, -0.2) is 9.97 Å². The summed E-state index contributed by atoms with van der Waals surface area (Å²) in [6.45, 7) is 19.9. The first-order chi connectivity index (χ1) is 13.8. The van der Waals surface area contributed by atoms with Gasteiger partial charge in [0, 0.05) is 37.8 Å². The summed E-state index contributed by atoms with van der Waals surface area (Å²) in [4.78, 5) is 17.0. The van der Waals surface area contributed by atoms with Crippen LogP contribution in [0.5, 0.6) is 0 Å². The van der Waals surface area contributed by atoms with E-state index in [1.807, 2.05) is 41.7 Å². The third-order valence-corrected chi connectivity index (χ3v) is 5.07. The molecule has 3 rings (SSSR count). The second kappa shape index (κ2) is 11.1. The van der Waals surface area contributed by atoms with E-state index in [9.17, 15) is 0 Å². The largest absolute Gasteiger partial charge is 0.373 e. The van der Waals surface area contributed by atoms with Gasteiger partial charge < -0.3 is 10.2 Å². The number of nitrogens with one attached hydrogen (secondary N) is 1. The van der Waals surface area contributed by atoms with Crippen molar-refractivity contribution in [2.45, 2.75) is 74.1 Å². The van der Waals surface area contributed by atoms with E-state index in [-0.39, 0.29) is 0 Å². The van der Waals surface area contributed by atoms with E-state index in [4.69, 9.17) is 15.0 Å². The van der Waals surface area contributed by atoms with Gasteiger partial charge in [-0.1, -0.05) is 55.4 Å². The molecule has 1 aliphatic rings. The Kier molecular flexibility index (Phi) is 9.54. The number of likely N-dealkylation sites (N-methyl/N-ethyl adjacent to an activating group) is 1. The number of pyridine rings is 1. The number of anilines is 2. The maximum absolute atomic E-state index is 5.00. The molecule has 5 heteroatoms. The third kappa shape index (κ3) is 5.26. The summed E-state index contributed by atoms with van der Waals surface area (Å²) >= 11 is 0. The lowest BCUT2D eigenvalue weighted by Crippen LogP contribution is -2.18. The van der Waals surface area contributed by atoms with Gasteiger partial charge in [0.05, 0.1) is 17.1 Å². The number of rotatable bonds is 4. The second-order valence-corrected chi connectivity index (χ2v) is 7.63. The summed E-state index contributed by atoms with van der Waals surface area (Å²) in [6.07, 6.45) is 0. The van der Waals surface area contributed by atoms with Gasteiger partial charge in [-0.05, 0) is 30.9 Å². The molecule has 0 aliphatic carbocycles. The van der Waals surface area contributed by atoms with Crippen molar-refractivity contribution in [3.05, 3.63) is 29.2 Å². The Bertz CT molecular complexity index is 783. The van der Waals surface area contributed by atoms with E-state index in [2.05, 4.69) is 57.1 Å². The first kappa shape index (κ1) is 24.9. The molecule has 0 saturated carbocycles. The van der Waals surface area contributed by atoms with Crippen molar-refractivity contribution in [1.82, 2.24) is 15.0 Å². The zero-order chi connectivity index (χ0) is 22.3. The molecule has 0 aromatic carbocycles. The van der Waals surface area contributed by atoms with Crippen molar-refractivity contribution in [3.8, 4) is 11.3 Å². The number of aromatic nitrogens is 3. The van der Waals surface area contributed by atoms with E-state index in [0.29, 0.717) is 17.8 Å². The molecule has 3 heterocycles. The Balaban J connectivity index is 0.000000989. The summed E-state index contributed by atoms with van der Waals surface area (Å²) in [7, 11) is 4.01. The van der Waals surface area contributed by atoms with Crippen LogP contribution in [0.2, 0.25) is 0 Å². The fourth-order valence-electron chi connectivity index (χ4n) is 3.48. The van der Waals surface area contributed by atoms with Crippen molar-refractivity contribution < 1.29 is 0 Å². The van der Waals surface area contributed by atoms with E-state index in [1.54, 1.807) is 0 Å². The molecule has 29 heavy (non-hydrogen) atoms. The van der Waals surface area contributed by atoms with Crippen LogP contribution in [-0.2, 0) is 0 Å². The van der Waals surface area contributed by atoms with Gasteiger partial charge in [-0.2, -0.15) is 0 Å². The predicted octanol–water partition coefficient (Wildman–Crippen LogP) is 6.25. The predicted molar refractivity (Wildman–Crippen MR) is 127 cm³/mol. The summed E-state index contributed by atoms with van der Waals surface area (Å²) in [5.74, 6) is 3.28. The minimum Gasteiger partial charge on any atom is -0.373 e. The summed E-state index contributed by atoms with van der Waals surface area (Å²) in [5, 5.41) is 3.23. The average molecular weight is 400 g/mol. The Labute approximate surface area is 178 Å². The molecule has 0 bridgehead atoms. The average Bonchev–Trinajstić information content (AvgIpc) is 3.05. The van der Waals surface area contributed by atoms with Gasteiger partial charge in [0.15, 0.2) is 5.82 Å². The first-order valence-corrected chi connectivity index (χ1v) is 11.1. The highest BCUT2D eigenvalue weighted by atomic mass is 15.2. The monoisotopic (exact) mass is 399 g/mol. The van der Waals surface area contributed by atoms with Crippen LogP contribution >= 0.6 is 0 Å². The van der Waals surface area contributed by atoms with Crippen LogP contribution in [0.15, 0.2) is 12.1 Å². The van der Waals surface area contributed by atoms with Crippen molar-refractivity contribution in [3.63, 3.8) is 0 Å². The molecule has 0 amide bonds. The molecule has 2 aromatic rings. The SMILES string of the molecule is CC.CC.CNc1nc(C(C)C)ccc1-c1nc2c(nc1C)C(C(C)C)CN2C. The fraction of sp³-hybridized carbons (Fsp3) is 0.625. The summed E-state index contributed by atoms with van der Waals surface area (Å²) in [5.41, 5.74) is 5.12. The molecule has 1 atom stereocenters. The first-order valence-electron chi connectivity index (χ1n) is 11.1. The Morgan fingerprint density at radius 2 is 1.62 bits per heavy atom. The molecular weight excluding hydrogens is 358 g/mol. The Morgan fingerprint density at radius 3 is 2.14 bits per heavy atom. The topological polar surface area (TPSA) is 53.9 Å². The quantitative estimate of drug-likeness (QED) is 0.658. The van der Waals surface area contributed by atoms with Gasteiger partial charge in [-0.15, -0.1) is 0 Å². The fourth-order valence-corrected chi connectivity index (χ4v) is 3.48. The van der Waals surface area contributed by atoms with Gasteiger partial charge in [0.1, 0.15) is 5.82 Å². The van der Waals surface area contributed by atoms with Crippen molar-refractivity contribution in [2.24, 2.45) is 5.92 Å². The second-order valence-electron chi connectivity index (χ2n) is 7.63. The van der Waals surface area contributed by atoms with Crippen LogP contribution < -0.4 is 10.2 Å². The number of aryl methyl sites for hydroxylation is 1. The van der Waals surface area contributed by atoms with Gasteiger partial charge in [0.25, 0.3) is 0 Å². The molecule has 0 saturated heterocycles. The summed E-state index contributed by atoms with van der Waals surface area (Å²) in [6, 6.07) is 4.21. The van der Waals surface area contributed by atoms with Crippen molar-refractivity contribution in [1.29, 1.82) is 0 Å². The van der Waals surface area contributed by atoms with Crippen LogP contribution in [0, 0.1) is 12.8 Å². The van der Waals surface area contributed by atoms with Crippen LogP contribution in [-0.4, -0.2) is 35.6 Å². The van der Waals surface area contributed by atoms with Gasteiger partial charge in [0.2, 0.25) is 0 Å². The molecule has 1 unspecified atom stereocenters. The lowest BCUT2D eigenvalue weighted by molar-refractivity contribution is 0.512. The van der Waals surface area contributed by atoms with Crippen LogP contribution in [0.25, 0.3) is 11.3 Å². The number of fused-ring (bicyclic) bond motifs is 1. The molecule has 0 spiro atoms. The number of hydrogen-bond acceptors (Lipinski definition) is 5. The lowest BCUT2D eigenvalue weighted by atomic mass is 9.94. The van der Waals surface area contributed by atoms with E-state index < -0.39 is 0 Å². The lowest BCUT2D eigenvalue weighted by Gasteiger charge is -2.16. The van der Waals surface area contributed by atoms with Crippen molar-refractivity contribution in [2.75, 3.05) is 30.9 Å². The maximum atomic E-state index is 5.00. The molecular formula is C24H41N5. The Morgan fingerprint density at radius 1 is 1.00 bits per heavy atom. The Hall–Kier alpha value is -2.17. The van der Waals surface area contributed by atoms with E-state index in [1.165, 1.54) is 0 Å². The molecule has 1 aliphatic heterocycles. The van der Waals surface area contributed by atoms with Gasteiger partial charge in [-0.3, -0.25) is 4.98 Å². The van der Waals surface area contributed by atoms with Crippen LogP contribution in [0.3, 0.4) is 0 Å². The third-order valence-electron chi connectivity index (χ3n) is 5.07. The normalized spacial score (nSPS) is 14.8. The molecule has 5 nitrogen and oxygen atoms in total. The van der Waals surface area contributed by atoms with Crippen molar-refractivity contribution >= 4 is 11.6 Å². The molecule has 1 N–H and O–H groups in total. The number of hydrogen-bond donors (Lipinski definition) is 1. The molecule has 162 valence electrons. The highest BCUT2D eigenvalue weighted by molar-refractivity contribution is 5.75. The molecule has 0 fully saturated rings. The van der Waals surface area contributed by atoms with E-state index in [0.717, 1.165) is 46.5 Å². The number of nitrogens with zero attached hydrogens (tertiary/aromatic N) is 4. The van der Waals surface area contributed by atoms with Crippen LogP contribution in [0.4, 0.5) is 11.6 Å². The van der Waals surface area contributed by atoms with E-state index >= 15 is 0 Å². The van der Waals surface area contributed by atoms with Crippen LogP contribution in [0.1, 0.15) is 84.3 Å². The maximum Gasteiger partial charge on any atom is 0.151 e. The minimum absolute atomic E-state index is 0.395. The standard InChI is InChI=1S/C20H29N5.2C2H6/c1-11(2)15-10-25(7)20-18(15)22-13(5)17(24-20)14-8-9-16(12(3)4)23-19(14)21-6;2*1-2/h8-9,11-12,15H,10H2,1-7H3,(H,21,23);2*1-2H3. The molecule has 2 aromatic heterocycles.